The monoisotopic (exact) mass is 292 g/mol. The fourth-order valence-electron chi connectivity index (χ4n) is 1.94. The van der Waals surface area contributed by atoms with Crippen molar-refractivity contribution in [1.82, 2.24) is 0 Å². The Morgan fingerprint density at radius 1 is 0.400 bits per heavy atom. The van der Waals surface area contributed by atoms with E-state index in [0.717, 1.165) is 0 Å². The van der Waals surface area contributed by atoms with Gasteiger partial charge < -0.3 is 15.3 Å². The first-order valence-electron chi connectivity index (χ1n) is 8.57. The molecule has 1 aliphatic rings. The molecular formula is C17H40O3. The Kier molecular flexibility index (Phi) is 39.0. The number of rotatable bonds is 0. The molecule has 3 heteroatoms. The van der Waals surface area contributed by atoms with E-state index in [2.05, 4.69) is 0 Å². The van der Waals surface area contributed by atoms with Crippen molar-refractivity contribution in [1.29, 1.82) is 0 Å². The first-order chi connectivity index (χ1) is 9.74. The van der Waals surface area contributed by atoms with Gasteiger partial charge in [0, 0.05) is 19.8 Å². The Labute approximate surface area is 127 Å². The van der Waals surface area contributed by atoms with Crippen molar-refractivity contribution in [3.8, 4) is 0 Å². The number of hydrogen-bond acceptors (Lipinski definition) is 3. The van der Waals surface area contributed by atoms with Gasteiger partial charge in [-0.25, -0.2) is 0 Å². The van der Waals surface area contributed by atoms with Crippen molar-refractivity contribution in [3.05, 3.63) is 0 Å². The van der Waals surface area contributed by atoms with Crippen LogP contribution < -0.4 is 0 Å². The Morgan fingerprint density at radius 2 is 0.450 bits per heavy atom. The molecule has 0 unspecified atom stereocenters. The molecule has 0 aromatic carbocycles. The second kappa shape index (κ2) is 31.3. The lowest BCUT2D eigenvalue weighted by atomic mass is 10.1. The topological polar surface area (TPSA) is 60.7 Å². The first-order valence-corrected chi connectivity index (χ1v) is 8.57. The highest BCUT2D eigenvalue weighted by atomic mass is 16.3. The van der Waals surface area contributed by atoms with E-state index in [1.54, 1.807) is 20.8 Å². The van der Waals surface area contributed by atoms with E-state index in [9.17, 15) is 0 Å². The molecule has 0 aromatic rings. The Bertz CT molecular complexity index is 76.0. The minimum Gasteiger partial charge on any atom is -0.397 e. The van der Waals surface area contributed by atoms with Gasteiger partial charge in [0.25, 0.3) is 0 Å². The highest BCUT2D eigenvalue weighted by Crippen LogP contribution is 2.15. The summed E-state index contributed by atoms with van der Waals surface area (Å²) in [5.41, 5.74) is 0. The Morgan fingerprint density at radius 3 is 0.500 bits per heavy atom. The van der Waals surface area contributed by atoms with Gasteiger partial charge in [-0.1, -0.05) is 70.6 Å². The fraction of sp³-hybridized carbons (Fsp3) is 1.00. The molecule has 0 bridgehead atoms. The van der Waals surface area contributed by atoms with Gasteiger partial charge in [0.15, 0.2) is 0 Å². The third kappa shape index (κ3) is 43.0. The van der Waals surface area contributed by atoms with Crippen LogP contribution in [0.25, 0.3) is 0 Å². The molecule has 3 N–H and O–H groups in total. The summed E-state index contributed by atoms with van der Waals surface area (Å²) in [6, 6.07) is 0. The lowest BCUT2D eigenvalue weighted by molar-refractivity contribution is 0.318. The molecule has 3 nitrogen and oxygen atoms in total. The minimum absolute atomic E-state index is 0.250. The van der Waals surface area contributed by atoms with Crippen LogP contribution in [0.5, 0.6) is 0 Å². The second-order valence-electron chi connectivity index (χ2n) is 4.84. The van der Waals surface area contributed by atoms with Gasteiger partial charge in [-0.3, -0.25) is 0 Å². The molecule has 0 spiro atoms. The zero-order valence-corrected chi connectivity index (χ0v) is 14.2. The molecule has 1 fully saturated rings. The number of aliphatic hydroxyl groups excluding tert-OH is 3. The van der Waals surface area contributed by atoms with Gasteiger partial charge in [0.2, 0.25) is 0 Å². The van der Waals surface area contributed by atoms with Crippen molar-refractivity contribution in [3.63, 3.8) is 0 Å². The maximum absolute atomic E-state index is 7.57. The smallest absolute Gasteiger partial charge is 0.0402 e. The minimum atomic E-state index is 0.250. The summed E-state index contributed by atoms with van der Waals surface area (Å²) in [4.78, 5) is 0. The molecular weight excluding hydrogens is 252 g/mol. The molecule has 126 valence electrons. The molecule has 20 heavy (non-hydrogen) atoms. The molecule has 0 aliphatic heterocycles. The molecule has 0 aromatic heterocycles. The number of hydrogen-bond donors (Lipinski definition) is 3. The molecule has 0 atom stereocenters. The number of aliphatic hydroxyl groups is 3. The van der Waals surface area contributed by atoms with Gasteiger partial charge in [-0.2, -0.15) is 0 Å². The van der Waals surface area contributed by atoms with E-state index in [4.69, 9.17) is 15.3 Å². The van der Waals surface area contributed by atoms with Crippen LogP contribution >= 0.6 is 0 Å². The molecule has 1 saturated carbocycles. The maximum atomic E-state index is 7.57. The molecule has 0 amide bonds. The molecule has 0 radical (unpaired) electrons. The maximum Gasteiger partial charge on any atom is 0.0402 e. The Hall–Kier alpha value is -0.120. The van der Waals surface area contributed by atoms with E-state index in [1.807, 2.05) is 0 Å². The van der Waals surface area contributed by atoms with Crippen molar-refractivity contribution in [2.45, 2.75) is 91.4 Å². The van der Waals surface area contributed by atoms with E-state index in [1.165, 1.54) is 70.6 Å². The summed E-state index contributed by atoms with van der Waals surface area (Å²) < 4.78 is 0. The van der Waals surface area contributed by atoms with Gasteiger partial charge in [-0.05, 0) is 20.8 Å². The van der Waals surface area contributed by atoms with Crippen molar-refractivity contribution in [2.75, 3.05) is 19.8 Å². The standard InChI is InChI=1S/C11H22.3C2H6O/c1-2-4-6-8-10-11-9-7-5-3-1;3*1-2-3/h1-11H2;3*3H,2H2,1H3. The predicted octanol–water partition coefficient (Wildman–Crippen LogP) is 4.29. The van der Waals surface area contributed by atoms with Crippen LogP contribution in [0.1, 0.15) is 91.4 Å². The average molecular weight is 293 g/mol. The van der Waals surface area contributed by atoms with Crippen LogP contribution in [-0.2, 0) is 0 Å². The third-order valence-electron chi connectivity index (χ3n) is 2.75. The van der Waals surface area contributed by atoms with Crippen LogP contribution in [0.15, 0.2) is 0 Å². The zero-order valence-electron chi connectivity index (χ0n) is 14.2. The summed E-state index contributed by atoms with van der Waals surface area (Å²) >= 11 is 0. The highest BCUT2D eigenvalue weighted by Gasteiger charge is 1.95. The lowest BCUT2D eigenvalue weighted by Gasteiger charge is -1.97. The largest absolute Gasteiger partial charge is 0.397 e. The average Bonchev–Trinajstić information content (AvgIpc) is 2.47. The van der Waals surface area contributed by atoms with Crippen LogP contribution in [0.2, 0.25) is 0 Å². The van der Waals surface area contributed by atoms with Gasteiger partial charge >= 0.3 is 0 Å². The second-order valence-corrected chi connectivity index (χ2v) is 4.84. The molecule has 0 saturated heterocycles. The van der Waals surface area contributed by atoms with E-state index < -0.39 is 0 Å². The Balaban J connectivity index is -0.000000268. The highest BCUT2D eigenvalue weighted by molar-refractivity contribution is 4.51. The van der Waals surface area contributed by atoms with Crippen LogP contribution in [0.4, 0.5) is 0 Å². The SMILES string of the molecule is C1CCCCCCCCCC1.CCO.CCO.CCO. The fourth-order valence-corrected chi connectivity index (χ4v) is 1.94. The lowest BCUT2D eigenvalue weighted by Crippen LogP contribution is -1.77. The normalized spacial score (nSPS) is 15.9. The first kappa shape index (κ1) is 24.9. The van der Waals surface area contributed by atoms with Crippen molar-refractivity contribution < 1.29 is 15.3 Å². The van der Waals surface area contributed by atoms with Crippen molar-refractivity contribution >= 4 is 0 Å². The van der Waals surface area contributed by atoms with Gasteiger partial charge in [0.05, 0.1) is 0 Å². The van der Waals surface area contributed by atoms with Crippen LogP contribution in [-0.4, -0.2) is 35.1 Å². The molecule has 0 heterocycles. The summed E-state index contributed by atoms with van der Waals surface area (Å²) in [6.07, 6.45) is 16.5. The molecule has 1 rings (SSSR count). The van der Waals surface area contributed by atoms with Gasteiger partial charge in [-0.15, -0.1) is 0 Å². The quantitative estimate of drug-likeness (QED) is 0.624. The van der Waals surface area contributed by atoms with Crippen LogP contribution in [0, 0.1) is 0 Å². The zero-order chi connectivity index (χ0) is 15.9. The summed E-state index contributed by atoms with van der Waals surface area (Å²) in [5, 5.41) is 22.7. The summed E-state index contributed by atoms with van der Waals surface area (Å²) in [5.74, 6) is 0. The summed E-state index contributed by atoms with van der Waals surface area (Å²) in [6.45, 7) is 5.79. The van der Waals surface area contributed by atoms with Crippen molar-refractivity contribution in [2.24, 2.45) is 0 Å². The van der Waals surface area contributed by atoms with E-state index >= 15 is 0 Å². The summed E-state index contributed by atoms with van der Waals surface area (Å²) in [7, 11) is 0. The molecule has 1 aliphatic carbocycles. The third-order valence-corrected chi connectivity index (χ3v) is 2.75. The van der Waals surface area contributed by atoms with E-state index in [0.29, 0.717) is 0 Å². The van der Waals surface area contributed by atoms with E-state index in [-0.39, 0.29) is 19.8 Å². The van der Waals surface area contributed by atoms with Crippen LogP contribution in [0.3, 0.4) is 0 Å². The van der Waals surface area contributed by atoms with Gasteiger partial charge in [0.1, 0.15) is 0 Å². The predicted molar refractivity (Wildman–Crippen MR) is 89.1 cm³/mol.